The Bertz CT molecular complexity index is 425. The number of aryl methyl sites for hydroxylation is 1. The first-order valence-corrected chi connectivity index (χ1v) is 7.24. The second-order valence-electron chi connectivity index (χ2n) is 6.24. The molecule has 0 radical (unpaired) electrons. The lowest BCUT2D eigenvalue weighted by atomic mass is 9.94. The molecule has 3 aliphatic rings. The standard InChI is InChI=1S/C16H21N/c1-2-4-14-12(3-1)7-8-15(14)17-16-10-11-5-6-13(16)9-11/h1-4,11,13,15-17H,5-10H2. The summed E-state index contributed by atoms with van der Waals surface area (Å²) in [5, 5.41) is 3.97. The van der Waals surface area contributed by atoms with Crippen molar-refractivity contribution in [1.82, 2.24) is 5.32 Å². The van der Waals surface area contributed by atoms with Crippen LogP contribution in [0.4, 0.5) is 0 Å². The molecule has 2 bridgehead atoms. The zero-order valence-electron chi connectivity index (χ0n) is 10.4. The van der Waals surface area contributed by atoms with Gasteiger partial charge in [0.05, 0.1) is 0 Å². The first-order chi connectivity index (χ1) is 8.40. The van der Waals surface area contributed by atoms with Crippen molar-refractivity contribution in [2.75, 3.05) is 0 Å². The largest absolute Gasteiger partial charge is 0.307 e. The maximum Gasteiger partial charge on any atom is 0.0328 e. The van der Waals surface area contributed by atoms with Gasteiger partial charge in [-0.05, 0) is 55.1 Å². The van der Waals surface area contributed by atoms with Crippen molar-refractivity contribution in [2.45, 2.75) is 50.6 Å². The summed E-state index contributed by atoms with van der Waals surface area (Å²) in [4.78, 5) is 0. The molecule has 17 heavy (non-hydrogen) atoms. The van der Waals surface area contributed by atoms with Crippen molar-refractivity contribution < 1.29 is 0 Å². The third kappa shape index (κ3) is 1.63. The summed E-state index contributed by atoms with van der Waals surface area (Å²) in [6.07, 6.45) is 8.53. The van der Waals surface area contributed by atoms with Gasteiger partial charge in [-0.3, -0.25) is 0 Å². The summed E-state index contributed by atoms with van der Waals surface area (Å²) in [5.41, 5.74) is 3.16. The average Bonchev–Trinajstić information content (AvgIpc) is 3.05. The summed E-state index contributed by atoms with van der Waals surface area (Å²) >= 11 is 0. The van der Waals surface area contributed by atoms with Gasteiger partial charge in [0.2, 0.25) is 0 Å². The second-order valence-corrected chi connectivity index (χ2v) is 6.24. The number of hydrogen-bond donors (Lipinski definition) is 1. The molecule has 1 nitrogen and oxygen atoms in total. The van der Waals surface area contributed by atoms with E-state index in [0.717, 1.165) is 17.9 Å². The van der Waals surface area contributed by atoms with E-state index in [1.165, 1.54) is 38.5 Å². The second kappa shape index (κ2) is 3.84. The lowest BCUT2D eigenvalue weighted by Gasteiger charge is -2.27. The molecule has 90 valence electrons. The van der Waals surface area contributed by atoms with E-state index in [1.54, 1.807) is 11.1 Å². The average molecular weight is 227 g/mol. The minimum absolute atomic E-state index is 0.649. The van der Waals surface area contributed by atoms with Gasteiger partial charge in [-0.1, -0.05) is 30.7 Å². The van der Waals surface area contributed by atoms with Crippen LogP contribution < -0.4 is 5.32 Å². The van der Waals surface area contributed by atoms with Crippen molar-refractivity contribution in [3.63, 3.8) is 0 Å². The normalized spacial score (nSPS) is 38.6. The smallest absolute Gasteiger partial charge is 0.0328 e. The molecule has 1 heteroatoms. The van der Waals surface area contributed by atoms with Crippen molar-refractivity contribution in [1.29, 1.82) is 0 Å². The van der Waals surface area contributed by atoms with Crippen LogP contribution >= 0.6 is 0 Å². The maximum atomic E-state index is 3.97. The summed E-state index contributed by atoms with van der Waals surface area (Å²) < 4.78 is 0. The fourth-order valence-corrected chi connectivity index (χ4v) is 4.44. The molecule has 1 aromatic carbocycles. The molecule has 0 aliphatic heterocycles. The molecule has 1 N–H and O–H groups in total. The van der Waals surface area contributed by atoms with Crippen molar-refractivity contribution in [3.8, 4) is 0 Å². The van der Waals surface area contributed by atoms with Gasteiger partial charge in [0, 0.05) is 12.1 Å². The first kappa shape index (κ1) is 10.1. The van der Waals surface area contributed by atoms with Crippen LogP contribution in [0.1, 0.15) is 49.3 Å². The van der Waals surface area contributed by atoms with Crippen LogP contribution in [0.5, 0.6) is 0 Å². The Labute approximate surface area is 104 Å². The van der Waals surface area contributed by atoms with Gasteiger partial charge >= 0.3 is 0 Å². The molecule has 4 atom stereocenters. The van der Waals surface area contributed by atoms with Gasteiger partial charge in [-0.2, -0.15) is 0 Å². The van der Waals surface area contributed by atoms with E-state index in [2.05, 4.69) is 29.6 Å². The molecule has 4 unspecified atom stereocenters. The van der Waals surface area contributed by atoms with E-state index in [0.29, 0.717) is 6.04 Å². The molecule has 0 aromatic heterocycles. The molecule has 2 saturated carbocycles. The highest BCUT2D eigenvalue weighted by Crippen LogP contribution is 2.45. The molecule has 3 aliphatic carbocycles. The van der Waals surface area contributed by atoms with Crippen LogP contribution in [0.15, 0.2) is 24.3 Å². The molecule has 0 spiro atoms. The van der Waals surface area contributed by atoms with Crippen LogP contribution in [0.2, 0.25) is 0 Å². The summed E-state index contributed by atoms with van der Waals surface area (Å²) in [6.45, 7) is 0. The Morgan fingerprint density at radius 3 is 2.76 bits per heavy atom. The van der Waals surface area contributed by atoms with E-state index >= 15 is 0 Å². The van der Waals surface area contributed by atoms with E-state index < -0.39 is 0 Å². The van der Waals surface area contributed by atoms with Gasteiger partial charge in [0.15, 0.2) is 0 Å². The van der Waals surface area contributed by atoms with E-state index in [4.69, 9.17) is 0 Å². The van der Waals surface area contributed by atoms with Crippen LogP contribution in [0.3, 0.4) is 0 Å². The zero-order valence-corrected chi connectivity index (χ0v) is 10.4. The predicted octanol–water partition coefficient (Wildman–Crippen LogP) is 3.45. The van der Waals surface area contributed by atoms with Gasteiger partial charge < -0.3 is 5.32 Å². The molecule has 0 amide bonds. The number of nitrogens with one attached hydrogen (secondary N) is 1. The minimum Gasteiger partial charge on any atom is -0.307 e. The van der Waals surface area contributed by atoms with Crippen LogP contribution in [0, 0.1) is 11.8 Å². The SMILES string of the molecule is c1ccc2c(c1)CCC2NC1CC2CCC1C2. The Morgan fingerprint density at radius 2 is 1.94 bits per heavy atom. The summed E-state index contributed by atoms with van der Waals surface area (Å²) in [5.74, 6) is 2.04. The molecule has 1 aromatic rings. The number of rotatable bonds is 2. The van der Waals surface area contributed by atoms with E-state index in [1.807, 2.05) is 0 Å². The van der Waals surface area contributed by atoms with Crippen LogP contribution in [-0.2, 0) is 6.42 Å². The highest BCUT2D eigenvalue weighted by atomic mass is 15.0. The summed E-state index contributed by atoms with van der Waals surface area (Å²) in [6, 6.07) is 10.5. The third-order valence-corrected chi connectivity index (χ3v) is 5.29. The number of fused-ring (bicyclic) bond motifs is 3. The highest BCUT2D eigenvalue weighted by molar-refractivity contribution is 5.34. The predicted molar refractivity (Wildman–Crippen MR) is 69.9 cm³/mol. The van der Waals surface area contributed by atoms with Crippen LogP contribution in [0.25, 0.3) is 0 Å². The highest BCUT2D eigenvalue weighted by Gasteiger charge is 2.40. The fraction of sp³-hybridized carbons (Fsp3) is 0.625. The number of hydrogen-bond acceptors (Lipinski definition) is 1. The van der Waals surface area contributed by atoms with E-state index in [-0.39, 0.29) is 0 Å². The summed E-state index contributed by atoms with van der Waals surface area (Å²) in [7, 11) is 0. The van der Waals surface area contributed by atoms with Gasteiger partial charge in [0.25, 0.3) is 0 Å². The lowest BCUT2D eigenvalue weighted by molar-refractivity contribution is 0.318. The number of benzene rings is 1. The van der Waals surface area contributed by atoms with Crippen molar-refractivity contribution in [3.05, 3.63) is 35.4 Å². The van der Waals surface area contributed by atoms with Crippen LogP contribution in [-0.4, -0.2) is 6.04 Å². The molecule has 0 saturated heterocycles. The molecular weight excluding hydrogens is 206 g/mol. The fourth-order valence-electron chi connectivity index (χ4n) is 4.44. The minimum atomic E-state index is 0.649. The molecule has 2 fully saturated rings. The Kier molecular flexibility index (Phi) is 2.29. The molecule has 0 heterocycles. The third-order valence-electron chi connectivity index (χ3n) is 5.29. The van der Waals surface area contributed by atoms with Crippen molar-refractivity contribution >= 4 is 0 Å². The monoisotopic (exact) mass is 227 g/mol. The zero-order chi connectivity index (χ0) is 11.2. The topological polar surface area (TPSA) is 12.0 Å². The Hall–Kier alpha value is -0.820. The lowest BCUT2D eigenvalue weighted by Crippen LogP contribution is -2.36. The van der Waals surface area contributed by atoms with Crippen molar-refractivity contribution in [2.24, 2.45) is 11.8 Å². The molecule has 4 rings (SSSR count). The molecular formula is C16H21N. The van der Waals surface area contributed by atoms with Gasteiger partial charge in [-0.15, -0.1) is 0 Å². The van der Waals surface area contributed by atoms with E-state index in [9.17, 15) is 0 Å². The maximum absolute atomic E-state index is 3.97. The Balaban J connectivity index is 1.51. The van der Waals surface area contributed by atoms with Gasteiger partial charge in [0.1, 0.15) is 0 Å². The Morgan fingerprint density at radius 1 is 1.00 bits per heavy atom. The van der Waals surface area contributed by atoms with Gasteiger partial charge in [-0.25, -0.2) is 0 Å². The quantitative estimate of drug-likeness (QED) is 0.816. The first-order valence-electron chi connectivity index (χ1n) is 7.24.